The number of aryl methyl sites for hydroxylation is 2. The average Bonchev–Trinajstić information content (AvgIpc) is 2.94. The van der Waals surface area contributed by atoms with E-state index in [1.54, 1.807) is 13.0 Å². The van der Waals surface area contributed by atoms with Crippen molar-refractivity contribution in [2.75, 3.05) is 11.5 Å². The van der Waals surface area contributed by atoms with Crippen LogP contribution in [0.15, 0.2) is 103 Å². The SMILES string of the molecule is CCOC(=O)/C(C#N)=C/c1c(C)cc(/C=C/c2ccc(N(c3ccccc3)c3ccccc3)cc2)cc1C. The van der Waals surface area contributed by atoms with Crippen LogP contribution in [-0.4, -0.2) is 12.6 Å². The van der Waals surface area contributed by atoms with Crippen molar-refractivity contribution in [2.24, 2.45) is 0 Å². The zero-order valence-electron chi connectivity index (χ0n) is 21.9. The minimum atomic E-state index is -0.598. The van der Waals surface area contributed by atoms with Crippen molar-refractivity contribution in [3.63, 3.8) is 0 Å². The van der Waals surface area contributed by atoms with Gasteiger partial charge in [-0.15, -0.1) is 0 Å². The van der Waals surface area contributed by atoms with Crippen molar-refractivity contribution >= 4 is 41.3 Å². The first-order chi connectivity index (χ1) is 18.5. The highest BCUT2D eigenvalue weighted by molar-refractivity contribution is 5.98. The van der Waals surface area contributed by atoms with Gasteiger partial charge in [0.1, 0.15) is 11.6 Å². The smallest absolute Gasteiger partial charge is 0.348 e. The first-order valence-electron chi connectivity index (χ1n) is 12.6. The Kier molecular flexibility index (Phi) is 8.53. The van der Waals surface area contributed by atoms with E-state index < -0.39 is 5.97 Å². The van der Waals surface area contributed by atoms with Crippen molar-refractivity contribution < 1.29 is 9.53 Å². The second kappa shape index (κ2) is 12.4. The van der Waals surface area contributed by atoms with E-state index in [4.69, 9.17) is 4.74 Å². The molecule has 0 amide bonds. The van der Waals surface area contributed by atoms with E-state index in [1.807, 2.05) is 56.3 Å². The Bertz CT molecular complexity index is 1430. The fourth-order valence-electron chi connectivity index (χ4n) is 4.35. The van der Waals surface area contributed by atoms with Gasteiger partial charge in [-0.05, 0) is 91.1 Å². The van der Waals surface area contributed by atoms with Gasteiger partial charge < -0.3 is 9.64 Å². The Morgan fingerprint density at radius 3 is 1.79 bits per heavy atom. The van der Waals surface area contributed by atoms with Gasteiger partial charge in [-0.25, -0.2) is 4.79 Å². The fraction of sp³-hybridized carbons (Fsp3) is 0.118. The third-order valence-corrected chi connectivity index (χ3v) is 6.17. The third kappa shape index (κ3) is 6.27. The summed E-state index contributed by atoms with van der Waals surface area (Å²) in [5, 5.41) is 9.38. The predicted molar refractivity (Wildman–Crippen MR) is 156 cm³/mol. The van der Waals surface area contributed by atoms with E-state index in [9.17, 15) is 10.1 Å². The fourth-order valence-corrected chi connectivity index (χ4v) is 4.35. The number of carbonyl (C=O) groups is 1. The van der Waals surface area contributed by atoms with Gasteiger partial charge in [0.2, 0.25) is 0 Å². The van der Waals surface area contributed by atoms with Gasteiger partial charge >= 0.3 is 5.97 Å². The Hall–Kier alpha value is -4.88. The second-order valence-electron chi connectivity index (χ2n) is 8.89. The molecule has 0 spiro atoms. The van der Waals surface area contributed by atoms with Crippen LogP contribution >= 0.6 is 0 Å². The maximum atomic E-state index is 12.0. The summed E-state index contributed by atoms with van der Waals surface area (Å²) in [5.74, 6) is -0.598. The molecule has 0 fully saturated rings. The van der Waals surface area contributed by atoms with Gasteiger partial charge in [0, 0.05) is 17.1 Å². The summed E-state index contributed by atoms with van der Waals surface area (Å²) in [7, 11) is 0. The van der Waals surface area contributed by atoms with Crippen LogP contribution in [0.1, 0.15) is 34.7 Å². The molecule has 4 heteroatoms. The quantitative estimate of drug-likeness (QED) is 0.106. The van der Waals surface area contributed by atoms with E-state index in [0.29, 0.717) is 0 Å². The summed E-state index contributed by atoms with van der Waals surface area (Å²) < 4.78 is 4.99. The maximum absolute atomic E-state index is 12.0. The van der Waals surface area contributed by atoms with Crippen molar-refractivity contribution in [1.29, 1.82) is 5.26 Å². The van der Waals surface area contributed by atoms with Crippen LogP contribution in [0.25, 0.3) is 18.2 Å². The largest absolute Gasteiger partial charge is 0.462 e. The minimum absolute atomic E-state index is 0.00137. The number of para-hydroxylation sites is 2. The summed E-state index contributed by atoms with van der Waals surface area (Å²) in [6.07, 6.45) is 5.77. The lowest BCUT2D eigenvalue weighted by Gasteiger charge is -2.25. The highest BCUT2D eigenvalue weighted by Crippen LogP contribution is 2.34. The summed E-state index contributed by atoms with van der Waals surface area (Å²) >= 11 is 0. The molecule has 0 unspecified atom stereocenters. The molecule has 4 aromatic carbocycles. The van der Waals surface area contributed by atoms with Gasteiger partial charge in [0.15, 0.2) is 0 Å². The number of esters is 1. The summed E-state index contributed by atoms with van der Waals surface area (Å²) in [6.45, 7) is 5.91. The van der Waals surface area contributed by atoms with Crippen LogP contribution in [0.2, 0.25) is 0 Å². The Labute approximate surface area is 224 Å². The number of ether oxygens (including phenoxy) is 1. The van der Waals surface area contributed by atoms with E-state index >= 15 is 0 Å². The summed E-state index contributed by atoms with van der Waals surface area (Å²) in [5.41, 5.74) is 8.25. The molecule has 188 valence electrons. The number of hydrogen-bond donors (Lipinski definition) is 0. The zero-order chi connectivity index (χ0) is 26.9. The van der Waals surface area contributed by atoms with E-state index in [2.05, 4.69) is 77.7 Å². The van der Waals surface area contributed by atoms with Gasteiger partial charge in [-0.3, -0.25) is 0 Å². The third-order valence-electron chi connectivity index (χ3n) is 6.17. The molecule has 0 aliphatic carbocycles. The van der Waals surface area contributed by atoms with Crippen LogP contribution in [-0.2, 0) is 9.53 Å². The van der Waals surface area contributed by atoms with E-state index in [0.717, 1.165) is 44.9 Å². The minimum Gasteiger partial charge on any atom is -0.462 e. The summed E-state index contributed by atoms with van der Waals surface area (Å²) in [4.78, 5) is 14.3. The first-order valence-corrected chi connectivity index (χ1v) is 12.6. The highest BCUT2D eigenvalue weighted by atomic mass is 16.5. The zero-order valence-corrected chi connectivity index (χ0v) is 21.9. The van der Waals surface area contributed by atoms with Crippen LogP contribution in [0.3, 0.4) is 0 Å². The van der Waals surface area contributed by atoms with Crippen molar-refractivity contribution in [1.82, 2.24) is 0 Å². The van der Waals surface area contributed by atoms with Gasteiger partial charge in [-0.1, -0.05) is 72.8 Å². The molecule has 0 saturated carbocycles. The molecule has 0 aliphatic heterocycles. The molecule has 0 heterocycles. The molecule has 4 nitrogen and oxygen atoms in total. The predicted octanol–water partition coefficient (Wildman–Crippen LogP) is 8.41. The number of hydrogen-bond acceptors (Lipinski definition) is 4. The molecule has 38 heavy (non-hydrogen) atoms. The molecule has 0 radical (unpaired) electrons. The number of nitrogens with zero attached hydrogens (tertiary/aromatic N) is 2. The first kappa shape index (κ1) is 26.2. The van der Waals surface area contributed by atoms with Gasteiger partial charge in [0.05, 0.1) is 6.61 Å². The molecule has 0 atom stereocenters. The average molecular weight is 499 g/mol. The van der Waals surface area contributed by atoms with Gasteiger partial charge in [0.25, 0.3) is 0 Å². The Balaban J connectivity index is 1.57. The molecule has 4 aromatic rings. The van der Waals surface area contributed by atoms with Crippen molar-refractivity contribution in [3.8, 4) is 6.07 Å². The number of carbonyl (C=O) groups excluding carboxylic acids is 1. The molecule has 0 N–H and O–H groups in total. The van der Waals surface area contributed by atoms with E-state index in [1.165, 1.54) is 0 Å². The number of nitriles is 1. The maximum Gasteiger partial charge on any atom is 0.348 e. The number of anilines is 3. The number of benzene rings is 4. The molecular weight excluding hydrogens is 468 g/mol. The topological polar surface area (TPSA) is 53.3 Å². The number of rotatable bonds is 8. The molecular formula is C34H30N2O2. The van der Waals surface area contributed by atoms with Crippen LogP contribution in [0, 0.1) is 25.2 Å². The van der Waals surface area contributed by atoms with Crippen molar-refractivity contribution in [3.05, 3.63) is 130 Å². The van der Waals surface area contributed by atoms with Crippen molar-refractivity contribution in [2.45, 2.75) is 20.8 Å². The summed E-state index contributed by atoms with van der Waals surface area (Å²) in [6, 6.07) is 35.2. The molecule has 4 rings (SSSR count). The normalized spacial score (nSPS) is 11.3. The van der Waals surface area contributed by atoms with Crippen LogP contribution in [0.4, 0.5) is 17.1 Å². The lowest BCUT2D eigenvalue weighted by molar-refractivity contribution is -0.137. The second-order valence-corrected chi connectivity index (χ2v) is 8.89. The van der Waals surface area contributed by atoms with Crippen LogP contribution in [0.5, 0.6) is 0 Å². The molecule has 0 aliphatic rings. The molecule has 0 aromatic heterocycles. The molecule has 0 bridgehead atoms. The lowest BCUT2D eigenvalue weighted by atomic mass is 9.97. The monoisotopic (exact) mass is 498 g/mol. The Morgan fingerprint density at radius 1 is 0.789 bits per heavy atom. The van der Waals surface area contributed by atoms with E-state index in [-0.39, 0.29) is 12.2 Å². The Morgan fingerprint density at radius 2 is 1.29 bits per heavy atom. The van der Waals surface area contributed by atoms with Crippen LogP contribution < -0.4 is 4.90 Å². The van der Waals surface area contributed by atoms with Gasteiger partial charge in [-0.2, -0.15) is 5.26 Å². The molecule has 0 saturated heterocycles. The lowest BCUT2D eigenvalue weighted by Crippen LogP contribution is -2.09. The highest BCUT2D eigenvalue weighted by Gasteiger charge is 2.13. The standard InChI is InChI=1S/C34H30N2O2/c1-4-38-34(37)29(24-35)23-33-25(2)21-28(22-26(33)3)16-15-27-17-19-32(20-18-27)36(30-11-7-5-8-12-30)31-13-9-6-10-14-31/h5-23H,4H2,1-3H3/b16-15+,29-23+.